The molecular weight excluding hydrogens is 254 g/mol. The average molecular weight is 271 g/mol. The summed E-state index contributed by atoms with van der Waals surface area (Å²) in [6.45, 7) is 1.81. The van der Waals surface area contributed by atoms with Gasteiger partial charge in [0.05, 0.1) is 13.7 Å². The van der Waals surface area contributed by atoms with Crippen LogP contribution >= 0.6 is 0 Å². The van der Waals surface area contributed by atoms with Crippen molar-refractivity contribution in [3.63, 3.8) is 0 Å². The second kappa shape index (κ2) is 6.21. The maximum absolute atomic E-state index is 12.2. The van der Waals surface area contributed by atoms with Crippen LogP contribution in [0.2, 0.25) is 0 Å². The molecule has 2 N–H and O–H groups in total. The Balaban J connectivity index is 2.19. The van der Waals surface area contributed by atoms with Gasteiger partial charge in [-0.2, -0.15) is 0 Å². The van der Waals surface area contributed by atoms with Crippen LogP contribution in [0.4, 0.5) is 5.69 Å². The summed E-state index contributed by atoms with van der Waals surface area (Å²) in [5, 5.41) is 11.9. The molecule has 0 aliphatic heterocycles. The van der Waals surface area contributed by atoms with Crippen LogP contribution in [0.25, 0.3) is 0 Å². The van der Waals surface area contributed by atoms with Gasteiger partial charge in [0.25, 0.3) is 5.91 Å². The number of carbonyl (C=O) groups is 1. The summed E-state index contributed by atoms with van der Waals surface area (Å²) in [4.78, 5) is 12.2. The third-order valence-corrected chi connectivity index (χ3v) is 3.05. The number of anilines is 1. The smallest absolute Gasteiger partial charge is 0.255 e. The molecule has 0 spiro atoms. The molecule has 4 nitrogen and oxygen atoms in total. The number of nitrogens with one attached hydrogen (secondary N) is 1. The monoisotopic (exact) mass is 271 g/mol. The molecule has 104 valence electrons. The standard InChI is InChI=1S/C16H17NO3/c1-11-8-14(20-2)6-7-15(11)16(19)17-13-5-3-4-12(9-13)10-18/h3-9,18H,10H2,1-2H3,(H,17,19). The van der Waals surface area contributed by atoms with Crippen molar-refractivity contribution in [3.05, 3.63) is 59.2 Å². The predicted octanol–water partition coefficient (Wildman–Crippen LogP) is 2.75. The Bertz CT molecular complexity index is 623. The summed E-state index contributed by atoms with van der Waals surface area (Å²) < 4.78 is 5.12. The molecule has 0 bridgehead atoms. The maximum Gasteiger partial charge on any atom is 0.255 e. The number of rotatable bonds is 4. The van der Waals surface area contributed by atoms with E-state index in [0.717, 1.165) is 16.9 Å². The van der Waals surface area contributed by atoms with Crippen LogP contribution < -0.4 is 10.1 Å². The minimum absolute atomic E-state index is 0.0503. The first kappa shape index (κ1) is 14.1. The Morgan fingerprint density at radius 1 is 1.25 bits per heavy atom. The Hall–Kier alpha value is -2.33. The van der Waals surface area contributed by atoms with Crippen molar-refractivity contribution in [1.29, 1.82) is 0 Å². The normalized spacial score (nSPS) is 10.2. The first-order chi connectivity index (χ1) is 9.63. The number of amides is 1. The molecule has 2 rings (SSSR count). The maximum atomic E-state index is 12.2. The fourth-order valence-electron chi connectivity index (χ4n) is 1.96. The summed E-state index contributed by atoms with van der Waals surface area (Å²) in [6.07, 6.45) is 0. The van der Waals surface area contributed by atoms with Crippen molar-refractivity contribution in [2.75, 3.05) is 12.4 Å². The molecular formula is C16H17NO3. The lowest BCUT2D eigenvalue weighted by Gasteiger charge is -2.10. The van der Waals surface area contributed by atoms with Crippen LogP contribution in [0, 0.1) is 6.92 Å². The summed E-state index contributed by atoms with van der Waals surface area (Å²) in [7, 11) is 1.59. The number of hydrogen-bond donors (Lipinski definition) is 2. The van der Waals surface area contributed by atoms with Crippen LogP contribution in [0.15, 0.2) is 42.5 Å². The topological polar surface area (TPSA) is 58.6 Å². The highest BCUT2D eigenvalue weighted by molar-refractivity contribution is 6.05. The summed E-state index contributed by atoms with van der Waals surface area (Å²) in [6, 6.07) is 12.4. The van der Waals surface area contributed by atoms with Gasteiger partial charge in [0.1, 0.15) is 5.75 Å². The summed E-state index contributed by atoms with van der Waals surface area (Å²) in [5.41, 5.74) is 2.87. The highest BCUT2D eigenvalue weighted by Gasteiger charge is 2.10. The molecule has 0 atom stereocenters. The summed E-state index contributed by atoms with van der Waals surface area (Å²) in [5.74, 6) is 0.543. The number of carbonyl (C=O) groups excluding carboxylic acids is 1. The van der Waals surface area contributed by atoms with Crippen LogP contribution in [-0.4, -0.2) is 18.1 Å². The molecule has 0 unspecified atom stereocenters. The van der Waals surface area contributed by atoms with Gasteiger partial charge in [0.2, 0.25) is 0 Å². The van der Waals surface area contributed by atoms with Crippen LogP contribution in [0.5, 0.6) is 5.75 Å². The number of aryl methyl sites for hydroxylation is 1. The molecule has 0 aliphatic rings. The Morgan fingerprint density at radius 3 is 2.70 bits per heavy atom. The zero-order valence-corrected chi connectivity index (χ0v) is 11.5. The quantitative estimate of drug-likeness (QED) is 0.899. The fraction of sp³-hybridized carbons (Fsp3) is 0.188. The van der Waals surface area contributed by atoms with Crippen LogP contribution in [0.3, 0.4) is 0 Å². The van der Waals surface area contributed by atoms with Gasteiger partial charge >= 0.3 is 0 Å². The molecule has 0 fully saturated rings. The van der Waals surface area contributed by atoms with Crippen molar-refractivity contribution >= 4 is 11.6 Å². The van der Waals surface area contributed by atoms with E-state index >= 15 is 0 Å². The number of benzene rings is 2. The van der Waals surface area contributed by atoms with Gasteiger partial charge in [-0.05, 0) is 48.4 Å². The van der Waals surface area contributed by atoms with Crippen LogP contribution in [0.1, 0.15) is 21.5 Å². The van der Waals surface area contributed by atoms with Gasteiger partial charge in [0.15, 0.2) is 0 Å². The van der Waals surface area contributed by atoms with Crippen LogP contribution in [-0.2, 0) is 6.61 Å². The number of ether oxygens (including phenoxy) is 1. The Kier molecular flexibility index (Phi) is 4.38. The van der Waals surface area contributed by atoms with E-state index in [4.69, 9.17) is 9.84 Å². The molecule has 2 aromatic rings. The highest BCUT2D eigenvalue weighted by atomic mass is 16.5. The average Bonchev–Trinajstić information content (AvgIpc) is 2.47. The minimum Gasteiger partial charge on any atom is -0.497 e. The zero-order valence-electron chi connectivity index (χ0n) is 11.5. The third-order valence-electron chi connectivity index (χ3n) is 3.05. The van der Waals surface area contributed by atoms with E-state index in [9.17, 15) is 4.79 Å². The first-order valence-electron chi connectivity index (χ1n) is 6.30. The molecule has 2 aromatic carbocycles. The molecule has 0 aliphatic carbocycles. The summed E-state index contributed by atoms with van der Waals surface area (Å²) >= 11 is 0. The van der Waals surface area contributed by atoms with Gasteiger partial charge in [-0.25, -0.2) is 0 Å². The fourth-order valence-corrected chi connectivity index (χ4v) is 1.96. The predicted molar refractivity (Wildman–Crippen MR) is 78.0 cm³/mol. The van der Waals surface area contributed by atoms with E-state index in [1.54, 1.807) is 43.5 Å². The number of methoxy groups -OCH3 is 1. The second-order valence-electron chi connectivity index (χ2n) is 4.49. The Labute approximate surface area is 118 Å². The van der Waals surface area contributed by atoms with Gasteiger partial charge in [-0.1, -0.05) is 12.1 Å². The van der Waals surface area contributed by atoms with Crippen molar-refractivity contribution in [1.82, 2.24) is 0 Å². The van der Waals surface area contributed by atoms with E-state index in [1.165, 1.54) is 0 Å². The Morgan fingerprint density at radius 2 is 2.05 bits per heavy atom. The first-order valence-corrected chi connectivity index (χ1v) is 6.30. The lowest BCUT2D eigenvalue weighted by atomic mass is 10.1. The lowest BCUT2D eigenvalue weighted by molar-refractivity contribution is 0.102. The van der Waals surface area contributed by atoms with E-state index in [2.05, 4.69) is 5.32 Å². The van der Waals surface area contributed by atoms with Crippen molar-refractivity contribution in [2.24, 2.45) is 0 Å². The largest absolute Gasteiger partial charge is 0.497 e. The van der Waals surface area contributed by atoms with E-state index in [0.29, 0.717) is 11.3 Å². The molecule has 0 aromatic heterocycles. The van der Waals surface area contributed by atoms with E-state index < -0.39 is 0 Å². The van der Waals surface area contributed by atoms with Crippen molar-refractivity contribution < 1.29 is 14.6 Å². The van der Waals surface area contributed by atoms with Gasteiger partial charge < -0.3 is 15.2 Å². The van der Waals surface area contributed by atoms with Gasteiger partial charge in [-0.3, -0.25) is 4.79 Å². The minimum atomic E-state index is -0.180. The van der Waals surface area contributed by atoms with Gasteiger partial charge in [-0.15, -0.1) is 0 Å². The SMILES string of the molecule is COc1ccc(C(=O)Nc2cccc(CO)c2)c(C)c1. The van der Waals surface area contributed by atoms with Crippen molar-refractivity contribution in [2.45, 2.75) is 13.5 Å². The highest BCUT2D eigenvalue weighted by Crippen LogP contribution is 2.18. The lowest BCUT2D eigenvalue weighted by Crippen LogP contribution is -2.13. The number of aliphatic hydroxyl groups excluding tert-OH is 1. The molecule has 4 heteroatoms. The van der Waals surface area contributed by atoms with E-state index in [-0.39, 0.29) is 12.5 Å². The number of aliphatic hydroxyl groups is 1. The van der Waals surface area contributed by atoms with E-state index in [1.807, 2.05) is 13.0 Å². The molecule has 0 saturated heterocycles. The zero-order chi connectivity index (χ0) is 14.5. The van der Waals surface area contributed by atoms with Gasteiger partial charge in [0, 0.05) is 11.3 Å². The van der Waals surface area contributed by atoms with Crippen molar-refractivity contribution in [3.8, 4) is 5.75 Å². The second-order valence-corrected chi connectivity index (χ2v) is 4.49. The third kappa shape index (κ3) is 3.16. The molecule has 0 radical (unpaired) electrons. The molecule has 0 saturated carbocycles. The molecule has 0 heterocycles. The number of hydrogen-bond acceptors (Lipinski definition) is 3. The molecule has 20 heavy (non-hydrogen) atoms. The molecule has 1 amide bonds.